The van der Waals surface area contributed by atoms with Crippen molar-refractivity contribution in [2.45, 2.75) is 121 Å². The van der Waals surface area contributed by atoms with Gasteiger partial charge in [-0.25, -0.2) is 4.79 Å². The zero-order chi connectivity index (χ0) is 65.3. The quantitative estimate of drug-likeness (QED) is 0.0306. The molecule has 10 atom stereocenters. The second-order valence-corrected chi connectivity index (χ2v) is 24.9. The molecule has 0 aromatic heterocycles. The Balaban J connectivity index is 0.657. The molecule has 484 valence electrons. The summed E-state index contributed by atoms with van der Waals surface area (Å²) < 4.78 is 19.0. The van der Waals surface area contributed by atoms with Crippen LogP contribution in [0.15, 0.2) is 133 Å². The lowest BCUT2D eigenvalue weighted by molar-refractivity contribution is -0.201. The third kappa shape index (κ3) is 14.5. The zero-order valence-electron chi connectivity index (χ0n) is 51.3. The molecular weight excluding hydrogens is 1180 g/mol. The van der Waals surface area contributed by atoms with Crippen LogP contribution in [0.5, 0.6) is 0 Å². The molecule has 2 aliphatic heterocycles. The number of carbonyl (C=O) groups excluding carboxylic acids is 10. The average molecular weight is 1260 g/mol. The van der Waals surface area contributed by atoms with Gasteiger partial charge in [-0.05, 0) is 109 Å². The fourth-order valence-corrected chi connectivity index (χ4v) is 14.6. The van der Waals surface area contributed by atoms with Crippen LogP contribution in [-0.4, -0.2) is 136 Å². The van der Waals surface area contributed by atoms with Gasteiger partial charge in [-0.1, -0.05) is 111 Å². The number of allylic oxidation sites excluding steroid dienone is 4. The predicted molar refractivity (Wildman–Crippen MR) is 333 cm³/mol. The number of aliphatic hydroxyl groups excluding tert-OH is 3. The van der Waals surface area contributed by atoms with E-state index in [0.717, 1.165) is 28.0 Å². The third-order valence-electron chi connectivity index (χ3n) is 19.0. The van der Waals surface area contributed by atoms with Crippen molar-refractivity contribution in [3.05, 3.63) is 166 Å². The molecule has 3 saturated carbocycles. The van der Waals surface area contributed by atoms with Crippen LogP contribution in [0.25, 0.3) is 0 Å². The maximum absolute atomic E-state index is 14.1. The van der Waals surface area contributed by atoms with E-state index in [1.807, 2.05) is 43.3 Å². The van der Waals surface area contributed by atoms with Gasteiger partial charge in [-0.15, -0.1) is 0 Å². The highest BCUT2D eigenvalue weighted by atomic mass is 16.7. The van der Waals surface area contributed by atoms with Crippen molar-refractivity contribution < 1.29 is 77.5 Å². The van der Waals surface area contributed by atoms with E-state index in [2.05, 4.69) is 38.8 Å². The van der Waals surface area contributed by atoms with Crippen LogP contribution in [0.3, 0.4) is 0 Å². The Hall–Kier alpha value is -9.00. The Morgan fingerprint density at radius 2 is 1.45 bits per heavy atom. The SMILES string of the molecule is C[C@]12C=CC(=O)C=C1CC[C@@H]1[C@@H]2[C@@H](O)C[C@@]2(C)[C@H]1C[C@H]1O[C@@H](c3cccc(Cc4ccc(NC(=O)OCc5ccc(NC(=O)CNC(=O)[C@H](Cc6ccccc6)NC(=O)CNC(=O)CNC(=O)CCCCCN6C(=O)C=CC6=O)cc5)c(CO)c4)c3)O[C@]12C(=O)CO. The van der Waals surface area contributed by atoms with E-state index < -0.39 is 115 Å². The van der Waals surface area contributed by atoms with Gasteiger partial charge in [0.2, 0.25) is 29.5 Å². The van der Waals surface area contributed by atoms with Gasteiger partial charge < -0.3 is 56.1 Å². The number of ketones is 2. The first-order chi connectivity index (χ1) is 44.2. The van der Waals surface area contributed by atoms with Crippen LogP contribution in [0.2, 0.25) is 0 Å². The topological polar surface area (TPSA) is 335 Å². The van der Waals surface area contributed by atoms with Gasteiger partial charge in [0, 0.05) is 70.8 Å². The summed E-state index contributed by atoms with van der Waals surface area (Å²) in [6.45, 7) is 1.71. The maximum atomic E-state index is 14.1. The average Bonchev–Trinajstić information content (AvgIpc) is 1.50. The van der Waals surface area contributed by atoms with E-state index in [1.165, 1.54) is 12.2 Å². The van der Waals surface area contributed by atoms with Gasteiger partial charge >= 0.3 is 6.09 Å². The molecule has 4 aromatic carbocycles. The van der Waals surface area contributed by atoms with E-state index >= 15 is 0 Å². The van der Waals surface area contributed by atoms with E-state index in [-0.39, 0.29) is 67.8 Å². The number of imide groups is 1. The number of anilines is 2. The number of nitrogens with zero attached hydrogens (tertiary/aromatic N) is 1. The number of benzene rings is 4. The monoisotopic (exact) mass is 1260 g/mol. The molecule has 4 fully saturated rings. The van der Waals surface area contributed by atoms with Crippen LogP contribution in [0.1, 0.15) is 105 Å². The largest absolute Gasteiger partial charge is 0.444 e. The number of Topliss-reactive ketones (excluding diaryl/α,β-unsaturated/α-hetero) is 1. The van der Waals surface area contributed by atoms with Crippen molar-refractivity contribution in [1.29, 1.82) is 0 Å². The molecular formula is C69H77N7O16. The van der Waals surface area contributed by atoms with E-state index in [4.69, 9.17) is 14.2 Å². The summed E-state index contributed by atoms with van der Waals surface area (Å²) >= 11 is 0. The van der Waals surface area contributed by atoms with Gasteiger partial charge in [-0.2, -0.15) is 0 Å². The number of fused-ring (bicyclic) bond motifs is 7. The number of rotatable bonds is 26. The summed E-state index contributed by atoms with van der Waals surface area (Å²) in [5, 5.41) is 48.4. The normalized spacial score (nSPS) is 25.3. The number of aliphatic hydroxyl groups is 3. The molecule has 10 rings (SSSR count). The number of ether oxygens (including phenoxy) is 3. The number of amides is 8. The molecule has 92 heavy (non-hydrogen) atoms. The lowest BCUT2D eigenvalue weighted by Gasteiger charge is -2.59. The summed E-state index contributed by atoms with van der Waals surface area (Å²) in [5.74, 6) is -4.41. The number of unbranched alkanes of at least 4 members (excludes halogenated alkanes) is 2. The highest BCUT2D eigenvalue weighted by Crippen LogP contribution is 2.70. The summed E-state index contributed by atoms with van der Waals surface area (Å²) in [4.78, 5) is 128. The summed E-state index contributed by atoms with van der Waals surface area (Å²) in [6, 6.07) is 27.0. The Morgan fingerprint density at radius 3 is 2.20 bits per heavy atom. The molecule has 2 heterocycles. The predicted octanol–water partition coefficient (Wildman–Crippen LogP) is 4.62. The van der Waals surface area contributed by atoms with Crippen molar-refractivity contribution >= 4 is 70.4 Å². The molecule has 0 spiro atoms. The molecule has 0 radical (unpaired) electrons. The van der Waals surface area contributed by atoms with Crippen molar-refractivity contribution in [3.63, 3.8) is 0 Å². The maximum Gasteiger partial charge on any atom is 0.411 e. The van der Waals surface area contributed by atoms with E-state index in [1.54, 1.807) is 78.9 Å². The minimum atomic E-state index is -1.50. The number of hydrogen-bond acceptors (Lipinski definition) is 16. The minimum absolute atomic E-state index is 0.0237. The van der Waals surface area contributed by atoms with Crippen LogP contribution < -0.4 is 31.9 Å². The molecule has 9 N–H and O–H groups in total. The van der Waals surface area contributed by atoms with Gasteiger partial charge in [-0.3, -0.25) is 53.4 Å². The minimum Gasteiger partial charge on any atom is -0.444 e. The summed E-state index contributed by atoms with van der Waals surface area (Å²) in [6.07, 6.45) is 8.87. The smallest absolute Gasteiger partial charge is 0.411 e. The summed E-state index contributed by atoms with van der Waals surface area (Å²) in [5.41, 5.74) is 2.99. The van der Waals surface area contributed by atoms with Crippen molar-refractivity contribution in [2.24, 2.45) is 28.6 Å². The molecule has 8 amide bonds. The van der Waals surface area contributed by atoms with Crippen molar-refractivity contribution in [2.75, 3.05) is 43.4 Å². The van der Waals surface area contributed by atoms with Gasteiger partial charge in [0.25, 0.3) is 11.8 Å². The van der Waals surface area contributed by atoms with Gasteiger partial charge in [0.15, 0.2) is 23.5 Å². The molecule has 0 bridgehead atoms. The van der Waals surface area contributed by atoms with Crippen molar-refractivity contribution in [1.82, 2.24) is 26.2 Å². The van der Waals surface area contributed by atoms with Crippen LogP contribution in [0.4, 0.5) is 16.2 Å². The summed E-state index contributed by atoms with van der Waals surface area (Å²) in [7, 11) is 0. The number of hydrogen-bond donors (Lipinski definition) is 9. The first-order valence-electron chi connectivity index (χ1n) is 31.1. The fourth-order valence-electron chi connectivity index (χ4n) is 14.6. The Morgan fingerprint density at radius 1 is 0.739 bits per heavy atom. The molecule has 1 saturated heterocycles. The zero-order valence-corrected chi connectivity index (χ0v) is 51.3. The lowest BCUT2D eigenvalue weighted by Crippen LogP contribution is -2.63. The van der Waals surface area contributed by atoms with Crippen LogP contribution in [-0.2, 0) is 83.4 Å². The fraction of sp³-hybridized carbons (Fsp3) is 0.420. The van der Waals surface area contributed by atoms with E-state index in [0.29, 0.717) is 72.2 Å². The molecule has 23 nitrogen and oxygen atoms in total. The second-order valence-electron chi connectivity index (χ2n) is 24.9. The molecule has 23 heteroatoms. The number of nitrogens with one attached hydrogen (secondary N) is 6. The molecule has 6 aliphatic rings. The highest BCUT2D eigenvalue weighted by molar-refractivity contribution is 6.12. The highest BCUT2D eigenvalue weighted by Gasteiger charge is 2.76. The van der Waals surface area contributed by atoms with Crippen LogP contribution in [0, 0.1) is 28.6 Å². The van der Waals surface area contributed by atoms with Gasteiger partial charge in [0.1, 0.15) is 19.3 Å². The second kappa shape index (κ2) is 28.7. The molecule has 4 aliphatic carbocycles. The number of carbonyl (C=O) groups is 10. The standard InChI is InChI=1S/C69H77N7O16/c1-67-26-25-49(79)32-47(67)18-21-50-51-33-56-69(55(81)39-78,68(51,2)34-54(80)63(50)67)92-65(91-56)45-13-9-12-43(29-45)28-44-17-22-52(46(30-44)38-77)75-66(89)90-40-42-15-19-48(20-16-42)73-59(84)37-72-64(88)53(31-41-10-5-3-6-11-41)74-60(85)36-71-58(83)35-70-57(82)14-7-4-8-27-76-61(86)23-24-62(76)87/h3,5-6,9-13,15-17,19-20,22-26,29-30,32,50-51,53-54,56,63,65,77-78,80H,4,7-8,14,18,21,27-28,31,33-40H2,1-2H3,(H,70,82)(H,71,83)(H,72,88)(H,73,84)(H,74,85)(H,75,89)/t50-,51-,53-,54-,56+,63+,65+,67-,68-,69+/m0/s1. The molecule has 4 aromatic rings. The van der Waals surface area contributed by atoms with Crippen LogP contribution >= 0.6 is 0 Å². The molecule has 0 unspecified atom stereocenters. The van der Waals surface area contributed by atoms with Crippen molar-refractivity contribution in [3.8, 4) is 0 Å². The Bertz CT molecular complexity index is 3590. The first-order valence-corrected chi connectivity index (χ1v) is 31.1. The Labute approximate surface area is 531 Å². The van der Waals surface area contributed by atoms with Gasteiger partial charge in [0.05, 0.1) is 38.4 Å². The lowest BCUT2D eigenvalue weighted by atomic mass is 9.46. The Kier molecular flexibility index (Phi) is 20.5. The third-order valence-corrected chi connectivity index (χ3v) is 19.0. The first kappa shape index (κ1) is 65.9. The van der Waals surface area contributed by atoms with E-state index in [9.17, 15) is 63.3 Å².